The molecule has 2 aliphatic carbocycles. The molecule has 0 aliphatic heterocycles. The number of alkyl halides is 5. The fraction of sp³-hybridized carbons (Fsp3) is 0.333. The number of fused-ring (bicyclic) bond motifs is 3. The number of primary amides is 1. The predicted molar refractivity (Wildman–Crippen MR) is 169 cm³/mol. The first-order chi connectivity index (χ1) is 24.3. The lowest BCUT2D eigenvalue weighted by atomic mass is 9.94. The minimum Gasteiger partial charge on any atom is -0.366 e. The average molecular weight is 732 g/mol. The van der Waals surface area contributed by atoms with Gasteiger partial charge in [0.15, 0.2) is 5.69 Å². The average Bonchev–Trinajstić information content (AvgIpc) is 3.71. The van der Waals surface area contributed by atoms with Gasteiger partial charge in [0.05, 0.1) is 17.3 Å². The Bertz CT molecular complexity index is 2150. The molecular formula is C36H29F8N5O3. The van der Waals surface area contributed by atoms with E-state index in [0.29, 0.717) is 10.7 Å². The third-order valence-corrected chi connectivity index (χ3v) is 8.99. The number of hydrogen-bond donors (Lipinski definition) is 2. The summed E-state index contributed by atoms with van der Waals surface area (Å²) in [6, 6.07) is 7.48. The summed E-state index contributed by atoms with van der Waals surface area (Å²) in [6.07, 6.45) is -5.61. The van der Waals surface area contributed by atoms with Gasteiger partial charge in [0, 0.05) is 30.2 Å². The smallest absolute Gasteiger partial charge is 0.366 e. The van der Waals surface area contributed by atoms with Crippen molar-refractivity contribution in [3.63, 3.8) is 0 Å². The molecule has 52 heavy (non-hydrogen) atoms. The quantitative estimate of drug-likeness (QED) is 0.150. The lowest BCUT2D eigenvalue weighted by Gasteiger charge is -2.23. The van der Waals surface area contributed by atoms with E-state index in [1.54, 1.807) is 13.8 Å². The Morgan fingerprint density at radius 1 is 1.08 bits per heavy atom. The number of methoxy groups -OCH3 is 1. The van der Waals surface area contributed by atoms with Crippen molar-refractivity contribution in [2.75, 3.05) is 7.11 Å². The van der Waals surface area contributed by atoms with Crippen molar-refractivity contribution in [2.24, 2.45) is 11.7 Å². The maximum absolute atomic E-state index is 15.2. The summed E-state index contributed by atoms with van der Waals surface area (Å²) in [4.78, 5) is 30.3. The second-order valence-electron chi connectivity index (χ2n) is 13.1. The molecule has 1 fully saturated rings. The number of carbonyl (C=O) groups is 2. The van der Waals surface area contributed by atoms with Crippen molar-refractivity contribution in [2.45, 2.75) is 62.9 Å². The van der Waals surface area contributed by atoms with E-state index in [2.05, 4.69) is 27.2 Å². The predicted octanol–water partition coefficient (Wildman–Crippen LogP) is 6.57. The third kappa shape index (κ3) is 7.09. The van der Waals surface area contributed by atoms with Crippen molar-refractivity contribution in [3.8, 4) is 23.0 Å². The fourth-order valence-electron chi connectivity index (χ4n) is 6.35. The number of halogens is 8. The number of nitrogens with one attached hydrogen (secondary N) is 1. The molecule has 2 amide bonds. The van der Waals surface area contributed by atoms with E-state index in [9.17, 15) is 35.9 Å². The second-order valence-corrected chi connectivity index (χ2v) is 13.1. The number of amides is 2. The molecule has 4 aromatic rings. The Labute approximate surface area is 291 Å². The van der Waals surface area contributed by atoms with E-state index in [-0.39, 0.29) is 34.5 Å². The molecule has 0 spiro atoms. The molecule has 6 rings (SSSR count). The van der Waals surface area contributed by atoms with Crippen LogP contribution in [0.15, 0.2) is 48.5 Å². The van der Waals surface area contributed by atoms with Gasteiger partial charge >= 0.3 is 6.18 Å². The van der Waals surface area contributed by atoms with Crippen LogP contribution in [-0.2, 0) is 34.6 Å². The molecule has 272 valence electrons. The van der Waals surface area contributed by atoms with E-state index >= 15 is 8.78 Å². The minimum atomic E-state index is -5.07. The van der Waals surface area contributed by atoms with E-state index in [1.807, 2.05) is 0 Å². The van der Waals surface area contributed by atoms with Gasteiger partial charge in [-0.3, -0.25) is 14.3 Å². The SMILES string of the molecule is COC(C)(C)C#Cc1ccc(-c2ccc(F)c(C(N)=O)c2)c([C@H](Cc2cc(F)cc(F)c2)NC(=O)Cn2nc(C(F)(F)F)c3c2C(F)(F)[C@@H]2C[C@H]32)n1. The van der Waals surface area contributed by atoms with Crippen molar-refractivity contribution in [1.82, 2.24) is 20.1 Å². The van der Waals surface area contributed by atoms with Crippen LogP contribution in [0.3, 0.4) is 0 Å². The van der Waals surface area contributed by atoms with Gasteiger partial charge in [-0.1, -0.05) is 12.0 Å². The number of hydrogen-bond acceptors (Lipinski definition) is 5. The molecule has 2 aliphatic rings. The van der Waals surface area contributed by atoms with E-state index in [4.69, 9.17) is 10.5 Å². The van der Waals surface area contributed by atoms with Gasteiger partial charge in [-0.25, -0.2) is 18.2 Å². The van der Waals surface area contributed by atoms with Crippen molar-refractivity contribution < 1.29 is 49.4 Å². The highest BCUT2D eigenvalue weighted by molar-refractivity contribution is 5.94. The molecule has 3 atom stereocenters. The van der Waals surface area contributed by atoms with Gasteiger partial charge in [-0.05, 0) is 86.1 Å². The van der Waals surface area contributed by atoms with Crippen LogP contribution in [0.1, 0.15) is 76.5 Å². The molecule has 0 bridgehead atoms. The summed E-state index contributed by atoms with van der Waals surface area (Å²) < 4.78 is 121. The van der Waals surface area contributed by atoms with Crippen LogP contribution in [-0.4, -0.2) is 39.3 Å². The summed E-state index contributed by atoms with van der Waals surface area (Å²) >= 11 is 0. The number of carbonyl (C=O) groups excluding carboxylic acids is 2. The molecule has 2 aromatic heterocycles. The van der Waals surface area contributed by atoms with Crippen molar-refractivity contribution in [3.05, 3.63) is 105 Å². The van der Waals surface area contributed by atoms with Gasteiger partial charge in [-0.2, -0.15) is 27.1 Å². The van der Waals surface area contributed by atoms with Crippen molar-refractivity contribution in [1.29, 1.82) is 0 Å². The first-order valence-electron chi connectivity index (χ1n) is 15.8. The normalized spacial score (nSPS) is 17.8. The summed E-state index contributed by atoms with van der Waals surface area (Å²) in [7, 11) is 1.43. The highest BCUT2D eigenvalue weighted by Crippen LogP contribution is 2.68. The second kappa shape index (κ2) is 13.0. The molecule has 1 saturated carbocycles. The first-order valence-corrected chi connectivity index (χ1v) is 15.8. The maximum Gasteiger partial charge on any atom is 0.435 e. The molecule has 0 radical (unpaired) electrons. The minimum absolute atomic E-state index is 0.00422. The summed E-state index contributed by atoms with van der Waals surface area (Å²) in [5, 5.41) is 5.95. The molecule has 0 saturated heterocycles. The van der Waals surface area contributed by atoms with Crippen LogP contribution in [0.5, 0.6) is 0 Å². The maximum atomic E-state index is 15.2. The highest BCUT2D eigenvalue weighted by atomic mass is 19.4. The van der Waals surface area contributed by atoms with E-state index in [0.717, 1.165) is 24.3 Å². The number of ether oxygens (including phenoxy) is 1. The topological polar surface area (TPSA) is 112 Å². The number of rotatable bonds is 9. The largest absolute Gasteiger partial charge is 0.435 e. The fourth-order valence-corrected chi connectivity index (χ4v) is 6.35. The van der Waals surface area contributed by atoms with Gasteiger partial charge < -0.3 is 15.8 Å². The zero-order valence-electron chi connectivity index (χ0n) is 27.6. The Hall–Kier alpha value is -5.30. The third-order valence-electron chi connectivity index (χ3n) is 8.99. The van der Waals surface area contributed by atoms with E-state index < -0.39 is 100 Å². The number of benzene rings is 2. The van der Waals surface area contributed by atoms with E-state index in [1.165, 1.54) is 25.3 Å². The van der Waals surface area contributed by atoms with Gasteiger partial charge in [0.2, 0.25) is 5.91 Å². The Balaban J connectivity index is 1.47. The Kier molecular flexibility index (Phi) is 9.15. The van der Waals surface area contributed by atoms with Crippen LogP contribution < -0.4 is 11.1 Å². The zero-order valence-corrected chi connectivity index (χ0v) is 27.6. The highest BCUT2D eigenvalue weighted by Gasteiger charge is 2.68. The first kappa shape index (κ1) is 36.5. The van der Waals surface area contributed by atoms with Gasteiger partial charge in [-0.15, -0.1) is 0 Å². The number of nitrogens with zero attached hydrogens (tertiary/aromatic N) is 3. The van der Waals surface area contributed by atoms with Crippen LogP contribution in [0.25, 0.3) is 11.1 Å². The Morgan fingerprint density at radius 3 is 2.40 bits per heavy atom. The van der Waals surface area contributed by atoms with Crippen LogP contribution in [0.4, 0.5) is 35.1 Å². The molecule has 3 N–H and O–H groups in total. The monoisotopic (exact) mass is 731 g/mol. The zero-order chi connectivity index (χ0) is 37.9. The lowest BCUT2D eigenvalue weighted by Crippen LogP contribution is -2.35. The molecule has 2 aromatic carbocycles. The lowest BCUT2D eigenvalue weighted by molar-refractivity contribution is -0.142. The molecule has 8 nitrogen and oxygen atoms in total. The Morgan fingerprint density at radius 2 is 1.77 bits per heavy atom. The summed E-state index contributed by atoms with van der Waals surface area (Å²) in [6.45, 7) is 2.26. The number of pyridine rings is 1. The molecule has 16 heteroatoms. The number of nitrogens with two attached hydrogens (primary N) is 1. The van der Waals surface area contributed by atoms with Gasteiger partial charge in [0.25, 0.3) is 11.8 Å². The van der Waals surface area contributed by atoms with Crippen LogP contribution >= 0.6 is 0 Å². The van der Waals surface area contributed by atoms with Crippen LogP contribution in [0.2, 0.25) is 0 Å². The number of aromatic nitrogens is 3. The molecule has 0 unspecified atom stereocenters. The summed E-state index contributed by atoms with van der Waals surface area (Å²) in [5.74, 6) is -5.43. The molecular weight excluding hydrogens is 702 g/mol. The van der Waals surface area contributed by atoms with Crippen LogP contribution in [0, 0.1) is 35.2 Å². The summed E-state index contributed by atoms with van der Waals surface area (Å²) in [5.41, 5.74) is 1.16. The molecule has 2 heterocycles. The van der Waals surface area contributed by atoms with Crippen molar-refractivity contribution >= 4 is 11.8 Å². The standard InChI is InChI=1S/C36H29F8N5O3/c1-34(2,52-3)9-8-21-5-6-22(18-4-7-26(39)24(13-18)33(45)51)30(46-21)27(12-17-10-19(37)14-20(38)11-17)47-28(50)16-49-32-29(31(48-49)36(42,43)44)23-15-25(23)35(32,40)41/h4-7,10-11,13-14,23,25,27H,12,15-16H2,1-3H3,(H2,45,51)(H,47,50)/t23-,25+,27-/m0/s1. The van der Waals surface area contributed by atoms with Gasteiger partial charge in [0.1, 0.15) is 41.0 Å².